The molecule has 0 spiro atoms. The lowest BCUT2D eigenvalue weighted by Crippen LogP contribution is -2.47. The zero-order chi connectivity index (χ0) is 25.4. The molecule has 0 aliphatic carbocycles. The first kappa shape index (κ1) is 27.2. The summed E-state index contributed by atoms with van der Waals surface area (Å²) in [6.07, 6.45) is 1.60. The van der Waals surface area contributed by atoms with Gasteiger partial charge in [-0.1, -0.05) is 44.2 Å². The van der Waals surface area contributed by atoms with Gasteiger partial charge in [0, 0.05) is 38.8 Å². The van der Waals surface area contributed by atoms with Crippen LogP contribution in [0.3, 0.4) is 0 Å². The van der Waals surface area contributed by atoms with Crippen molar-refractivity contribution >= 4 is 15.9 Å². The third-order valence-corrected chi connectivity index (χ3v) is 7.36. The highest BCUT2D eigenvalue weighted by molar-refractivity contribution is 7.90. The lowest BCUT2D eigenvalue weighted by atomic mass is 10.2. The molecule has 0 saturated carbocycles. The van der Waals surface area contributed by atoms with Crippen LogP contribution in [0.25, 0.3) is 0 Å². The molecule has 1 fully saturated rings. The smallest absolute Gasteiger partial charge is 0.317 e. The first-order chi connectivity index (χ1) is 16.7. The van der Waals surface area contributed by atoms with Crippen molar-refractivity contribution in [2.75, 3.05) is 39.4 Å². The van der Waals surface area contributed by atoms with Gasteiger partial charge in [0.25, 0.3) is 0 Å². The number of carbonyl (C=O) groups is 1. The van der Waals surface area contributed by atoms with E-state index >= 15 is 0 Å². The zero-order valence-corrected chi connectivity index (χ0v) is 22.1. The minimum absolute atomic E-state index is 0.00391. The molecule has 9 nitrogen and oxygen atoms in total. The second kappa shape index (κ2) is 12.5. The average Bonchev–Trinajstić information content (AvgIpc) is 3.19. The Morgan fingerprint density at radius 1 is 1.14 bits per heavy atom. The van der Waals surface area contributed by atoms with Gasteiger partial charge in [-0.2, -0.15) is 0 Å². The lowest BCUT2D eigenvalue weighted by molar-refractivity contribution is 0.0345. The van der Waals surface area contributed by atoms with Crippen LogP contribution in [0.15, 0.2) is 41.7 Å². The van der Waals surface area contributed by atoms with E-state index in [2.05, 4.69) is 15.2 Å². The van der Waals surface area contributed by atoms with Crippen LogP contribution in [0.1, 0.15) is 39.0 Å². The summed E-state index contributed by atoms with van der Waals surface area (Å²) in [5.41, 5.74) is 1.43. The number of carbonyl (C=O) groups excluding carboxylic acids is 1. The number of hydrogen-bond acceptors (Lipinski definition) is 6. The topological polar surface area (TPSA) is 96.8 Å². The van der Waals surface area contributed by atoms with Crippen molar-refractivity contribution in [2.24, 2.45) is 5.92 Å². The molecule has 1 aromatic carbocycles. The Morgan fingerprint density at radius 2 is 1.83 bits per heavy atom. The van der Waals surface area contributed by atoms with Crippen LogP contribution < -0.4 is 5.32 Å². The summed E-state index contributed by atoms with van der Waals surface area (Å²) < 4.78 is 33.8. The molecule has 2 amide bonds. The molecule has 0 atom stereocenters. The molecule has 2 heterocycles. The van der Waals surface area contributed by atoms with Crippen molar-refractivity contribution < 1.29 is 17.9 Å². The first-order valence-corrected chi connectivity index (χ1v) is 14.0. The highest BCUT2D eigenvalue weighted by Gasteiger charge is 2.26. The predicted octanol–water partition coefficient (Wildman–Crippen LogP) is 2.77. The van der Waals surface area contributed by atoms with Crippen LogP contribution in [-0.4, -0.2) is 79.2 Å². The number of aromatic nitrogens is 2. The van der Waals surface area contributed by atoms with Gasteiger partial charge in [-0.3, -0.25) is 4.90 Å². The average molecular weight is 506 g/mol. The Hall–Kier alpha value is -2.43. The summed E-state index contributed by atoms with van der Waals surface area (Å²) in [6, 6.07) is 8.96. The maximum absolute atomic E-state index is 13.3. The van der Waals surface area contributed by atoms with Crippen molar-refractivity contribution in [3.63, 3.8) is 0 Å². The number of morpholine rings is 1. The van der Waals surface area contributed by atoms with Crippen molar-refractivity contribution in [2.45, 2.75) is 57.7 Å². The van der Waals surface area contributed by atoms with Crippen LogP contribution in [0.5, 0.6) is 0 Å². The number of ether oxygens (including phenoxy) is 1. The maximum atomic E-state index is 13.3. The standard InChI is InChI=1S/C25H39N5O4S/c1-20(2)17-30-23(16-26-25(30)35(32,33)19-22-8-6-5-7-9-22)18-29(24(31)27-21(3)4)11-10-28-12-14-34-15-13-28/h5-9,16,20-21H,10-15,17-19H2,1-4H3,(H,27,31). The van der Waals surface area contributed by atoms with Crippen LogP contribution >= 0.6 is 0 Å². The van der Waals surface area contributed by atoms with E-state index in [1.165, 1.54) is 0 Å². The second-order valence-electron chi connectivity index (χ2n) is 9.76. The van der Waals surface area contributed by atoms with Gasteiger partial charge in [0.2, 0.25) is 15.0 Å². The fourth-order valence-electron chi connectivity index (χ4n) is 4.06. The Kier molecular flexibility index (Phi) is 9.71. The molecule has 0 unspecified atom stereocenters. The van der Waals surface area contributed by atoms with E-state index in [9.17, 15) is 13.2 Å². The van der Waals surface area contributed by atoms with Gasteiger partial charge >= 0.3 is 6.03 Å². The lowest BCUT2D eigenvalue weighted by Gasteiger charge is -2.30. The molecule has 1 aliphatic rings. The largest absolute Gasteiger partial charge is 0.379 e. The Bertz CT molecular complexity index is 1050. The van der Waals surface area contributed by atoms with E-state index in [0.29, 0.717) is 32.0 Å². The van der Waals surface area contributed by atoms with Crippen LogP contribution in [0, 0.1) is 5.92 Å². The number of nitrogens with one attached hydrogen (secondary N) is 1. The number of imidazole rings is 1. The highest BCUT2D eigenvalue weighted by atomic mass is 32.2. The molecule has 1 N–H and O–H groups in total. The summed E-state index contributed by atoms with van der Waals surface area (Å²) in [5.74, 6) is 0.0941. The number of hydrogen-bond donors (Lipinski definition) is 1. The molecule has 1 aromatic heterocycles. The number of rotatable bonds is 11. The predicted molar refractivity (Wildman–Crippen MR) is 136 cm³/mol. The number of urea groups is 1. The summed E-state index contributed by atoms with van der Waals surface area (Å²) >= 11 is 0. The second-order valence-corrected chi connectivity index (χ2v) is 11.6. The monoisotopic (exact) mass is 505 g/mol. The first-order valence-electron chi connectivity index (χ1n) is 12.3. The van der Waals surface area contributed by atoms with Gasteiger partial charge < -0.3 is 19.5 Å². The molecule has 10 heteroatoms. The quantitative estimate of drug-likeness (QED) is 0.505. The minimum atomic E-state index is -3.66. The van der Waals surface area contributed by atoms with Gasteiger partial charge in [-0.25, -0.2) is 18.2 Å². The van der Waals surface area contributed by atoms with Gasteiger partial charge in [0.15, 0.2) is 0 Å². The number of nitrogens with zero attached hydrogens (tertiary/aromatic N) is 4. The fraction of sp³-hybridized carbons (Fsp3) is 0.600. The Morgan fingerprint density at radius 3 is 2.46 bits per heavy atom. The summed E-state index contributed by atoms with van der Waals surface area (Å²) in [7, 11) is -3.66. The summed E-state index contributed by atoms with van der Waals surface area (Å²) in [5, 5.41) is 3.03. The van der Waals surface area contributed by atoms with Crippen LogP contribution in [-0.2, 0) is 33.4 Å². The van der Waals surface area contributed by atoms with Crippen LogP contribution in [0.4, 0.5) is 4.79 Å². The van der Waals surface area contributed by atoms with Crippen molar-refractivity contribution in [3.8, 4) is 0 Å². The normalized spacial score (nSPS) is 15.0. The molecular formula is C25H39N5O4S. The van der Waals surface area contributed by atoms with Crippen molar-refractivity contribution in [1.82, 2.24) is 24.7 Å². The third kappa shape index (κ3) is 8.05. The maximum Gasteiger partial charge on any atom is 0.317 e. The molecule has 194 valence electrons. The Labute approximate surface area is 209 Å². The number of amides is 2. The molecular weight excluding hydrogens is 466 g/mol. The van der Waals surface area contributed by atoms with Gasteiger partial charge in [0.1, 0.15) is 0 Å². The fourth-order valence-corrected chi connectivity index (χ4v) is 5.56. The molecule has 0 radical (unpaired) electrons. The highest BCUT2D eigenvalue weighted by Crippen LogP contribution is 2.20. The van der Waals surface area contributed by atoms with Gasteiger partial charge in [-0.05, 0) is 25.3 Å². The third-order valence-electron chi connectivity index (χ3n) is 5.77. The molecule has 1 saturated heterocycles. The minimum Gasteiger partial charge on any atom is -0.379 e. The molecule has 35 heavy (non-hydrogen) atoms. The summed E-state index contributed by atoms with van der Waals surface area (Å²) in [4.78, 5) is 21.4. The SMILES string of the molecule is CC(C)Cn1c(CN(CCN2CCOCC2)C(=O)NC(C)C)cnc1S(=O)(=O)Cc1ccccc1. The molecule has 2 aromatic rings. The van der Waals surface area contributed by atoms with E-state index in [4.69, 9.17) is 4.74 Å². The van der Waals surface area contributed by atoms with Crippen molar-refractivity contribution in [3.05, 3.63) is 47.8 Å². The van der Waals surface area contributed by atoms with Crippen LogP contribution in [0.2, 0.25) is 0 Å². The molecule has 1 aliphatic heterocycles. The van der Waals surface area contributed by atoms with E-state index in [-0.39, 0.29) is 35.4 Å². The molecule has 0 bridgehead atoms. The van der Waals surface area contributed by atoms with Gasteiger partial charge in [-0.15, -0.1) is 0 Å². The zero-order valence-electron chi connectivity index (χ0n) is 21.3. The van der Waals surface area contributed by atoms with E-state index in [0.717, 1.165) is 25.2 Å². The number of benzene rings is 1. The Balaban J connectivity index is 1.85. The summed E-state index contributed by atoms with van der Waals surface area (Å²) in [6.45, 7) is 13.0. The molecule has 3 rings (SSSR count). The van der Waals surface area contributed by atoms with Gasteiger partial charge in [0.05, 0.1) is 37.4 Å². The van der Waals surface area contributed by atoms with E-state index in [1.807, 2.05) is 45.9 Å². The van der Waals surface area contributed by atoms with E-state index < -0.39 is 9.84 Å². The van der Waals surface area contributed by atoms with E-state index in [1.54, 1.807) is 27.8 Å². The van der Waals surface area contributed by atoms with Crippen molar-refractivity contribution in [1.29, 1.82) is 0 Å². The number of sulfone groups is 1.